The lowest BCUT2D eigenvalue weighted by molar-refractivity contribution is 0.154. The first-order valence-electron chi connectivity index (χ1n) is 6.20. The van der Waals surface area contributed by atoms with E-state index in [1.165, 1.54) is 43.7 Å². The fourth-order valence-corrected chi connectivity index (χ4v) is 3.51. The van der Waals surface area contributed by atoms with Gasteiger partial charge in [-0.25, -0.2) is 0 Å². The molecule has 88 valence electrons. The molecule has 1 saturated carbocycles. The molecule has 1 unspecified atom stereocenters. The maximum atomic E-state index is 5.28. The number of ether oxygens (including phenoxy) is 1. The van der Waals surface area contributed by atoms with Gasteiger partial charge in [-0.05, 0) is 55.6 Å². The Kier molecular flexibility index (Phi) is 4.79. The van der Waals surface area contributed by atoms with E-state index in [4.69, 9.17) is 4.74 Å². The van der Waals surface area contributed by atoms with E-state index in [1.54, 1.807) is 0 Å². The van der Waals surface area contributed by atoms with E-state index in [1.807, 2.05) is 7.11 Å². The zero-order valence-corrected chi connectivity index (χ0v) is 10.5. The third kappa shape index (κ3) is 3.97. The van der Waals surface area contributed by atoms with Gasteiger partial charge in [-0.1, -0.05) is 0 Å². The van der Waals surface area contributed by atoms with Crippen LogP contribution in [0.15, 0.2) is 0 Å². The van der Waals surface area contributed by atoms with Crippen LogP contribution < -0.4 is 5.32 Å². The lowest BCUT2D eigenvalue weighted by Crippen LogP contribution is -2.39. The van der Waals surface area contributed by atoms with Gasteiger partial charge in [0.15, 0.2) is 0 Å². The molecule has 2 nitrogen and oxygen atoms in total. The van der Waals surface area contributed by atoms with Crippen molar-refractivity contribution in [2.45, 2.75) is 31.7 Å². The molecule has 0 amide bonds. The summed E-state index contributed by atoms with van der Waals surface area (Å²) in [6.45, 7) is 2.11. The molecule has 0 aromatic heterocycles. The molecular weight excluding hydrogens is 206 g/mol. The second-order valence-corrected chi connectivity index (χ2v) is 6.09. The normalized spacial score (nSPS) is 25.4. The van der Waals surface area contributed by atoms with Crippen LogP contribution in [0.4, 0.5) is 0 Å². The Morgan fingerprint density at radius 3 is 2.60 bits per heavy atom. The van der Waals surface area contributed by atoms with Gasteiger partial charge in [-0.2, -0.15) is 11.8 Å². The van der Waals surface area contributed by atoms with Crippen LogP contribution in [0, 0.1) is 11.8 Å². The average Bonchev–Trinajstić information content (AvgIpc) is 3.09. The summed E-state index contributed by atoms with van der Waals surface area (Å²) < 4.78 is 5.28. The molecule has 0 bridgehead atoms. The fraction of sp³-hybridized carbons (Fsp3) is 1.00. The van der Waals surface area contributed by atoms with Gasteiger partial charge in [0, 0.05) is 13.2 Å². The highest BCUT2D eigenvalue weighted by Crippen LogP contribution is 2.33. The van der Waals surface area contributed by atoms with Crippen LogP contribution in [0.2, 0.25) is 0 Å². The third-order valence-electron chi connectivity index (χ3n) is 3.55. The molecule has 2 aliphatic rings. The fourth-order valence-electron chi connectivity index (χ4n) is 2.31. The van der Waals surface area contributed by atoms with Gasteiger partial charge < -0.3 is 10.1 Å². The Morgan fingerprint density at radius 1 is 1.27 bits per heavy atom. The van der Waals surface area contributed by atoms with Crippen LogP contribution in [0.5, 0.6) is 0 Å². The van der Waals surface area contributed by atoms with Gasteiger partial charge >= 0.3 is 0 Å². The Bertz CT molecular complexity index is 178. The summed E-state index contributed by atoms with van der Waals surface area (Å²) in [5.74, 6) is 4.56. The molecule has 0 aromatic rings. The number of rotatable bonds is 6. The zero-order valence-electron chi connectivity index (χ0n) is 9.71. The lowest BCUT2D eigenvalue weighted by atomic mass is 10.0. The predicted octanol–water partition coefficient (Wildman–Crippen LogP) is 2.14. The maximum Gasteiger partial charge on any atom is 0.0618 e. The summed E-state index contributed by atoms with van der Waals surface area (Å²) in [5, 5.41) is 3.72. The highest BCUT2D eigenvalue weighted by Gasteiger charge is 2.31. The van der Waals surface area contributed by atoms with Crippen molar-refractivity contribution in [2.75, 3.05) is 31.8 Å². The van der Waals surface area contributed by atoms with Crippen molar-refractivity contribution in [1.29, 1.82) is 0 Å². The number of hydrogen-bond acceptors (Lipinski definition) is 3. The van der Waals surface area contributed by atoms with E-state index < -0.39 is 0 Å². The van der Waals surface area contributed by atoms with Crippen molar-refractivity contribution < 1.29 is 4.74 Å². The highest BCUT2D eigenvalue weighted by atomic mass is 32.2. The van der Waals surface area contributed by atoms with Gasteiger partial charge in [0.1, 0.15) is 0 Å². The van der Waals surface area contributed by atoms with Crippen molar-refractivity contribution in [2.24, 2.45) is 11.8 Å². The molecule has 15 heavy (non-hydrogen) atoms. The number of nitrogens with one attached hydrogen (secondary N) is 1. The summed E-state index contributed by atoms with van der Waals surface area (Å²) in [5.41, 5.74) is 0. The number of thioether (sulfide) groups is 1. The molecule has 1 N–H and O–H groups in total. The standard InChI is InChI=1S/C12H23NOS/c1-14-9-12(11-2-3-11)13-8-10-4-6-15-7-5-10/h10-13H,2-9H2,1H3. The second-order valence-electron chi connectivity index (χ2n) is 4.86. The Balaban J connectivity index is 1.65. The summed E-state index contributed by atoms with van der Waals surface area (Å²) in [7, 11) is 1.81. The first-order valence-corrected chi connectivity index (χ1v) is 7.35. The number of methoxy groups -OCH3 is 1. The van der Waals surface area contributed by atoms with Crippen LogP contribution in [0.1, 0.15) is 25.7 Å². The van der Waals surface area contributed by atoms with Gasteiger partial charge in [0.2, 0.25) is 0 Å². The van der Waals surface area contributed by atoms with Crippen molar-refractivity contribution in [3.8, 4) is 0 Å². The summed E-state index contributed by atoms with van der Waals surface area (Å²) in [6, 6.07) is 0.629. The Hall–Kier alpha value is 0.270. The van der Waals surface area contributed by atoms with Gasteiger partial charge in [-0.15, -0.1) is 0 Å². The lowest BCUT2D eigenvalue weighted by Gasteiger charge is -2.25. The van der Waals surface area contributed by atoms with Gasteiger partial charge in [0.05, 0.1) is 6.61 Å². The van der Waals surface area contributed by atoms with Gasteiger partial charge in [0.25, 0.3) is 0 Å². The molecule has 1 atom stereocenters. The van der Waals surface area contributed by atoms with Gasteiger partial charge in [-0.3, -0.25) is 0 Å². The van der Waals surface area contributed by atoms with E-state index in [-0.39, 0.29) is 0 Å². The minimum absolute atomic E-state index is 0.629. The highest BCUT2D eigenvalue weighted by molar-refractivity contribution is 7.99. The Morgan fingerprint density at radius 2 is 2.00 bits per heavy atom. The predicted molar refractivity (Wildman–Crippen MR) is 66.4 cm³/mol. The third-order valence-corrected chi connectivity index (χ3v) is 4.60. The van der Waals surface area contributed by atoms with Crippen LogP contribution in [0.25, 0.3) is 0 Å². The molecular formula is C12H23NOS. The zero-order chi connectivity index (χ0) is 10.5. The van der Waals surface area contributed by atoms with Crippen LogP contribution in [-0.2, 0) is 4.74 Å². The Labute approximate surface area is 97.5 Å². The minimum Gasteiger partial charge on any atom is -0.383 e. The van der Waals surface area contributed by atoms with E-state index in [0.717, 1.165) is 18.4 Å². The van der Waals surface area contributed by atoms with Crippen LogP contribution in [-0.4, -0.2) is 37.8 Å². The minimum atomic E-state index is 0.629. The summed E-state index contributed by atoms with van der Waals surface area (Å²) in [6.07, 6.45) is 5.62. The molecule has 0 aromatic carbocycles. The SMILES string of the molecule is COCC(NCC1CCSCC1)C1CC1. The monoisotopic (exact) mass is 229 g/mol. The van der Waals surface area contributed by atoms with E-state index in [9.17, 15) is 0 Å². The molecule has 1 aliphatic carbocycles. The van der Waals surface area contributed by atoms with Crippen molar-refractivity contribution in [3.05, 3.63) is 0 Å². The van der Waals surface area contributed by atoms with E-state index in [2.05, 4.69) is 17.1 Å². The second kappa shape index (κ2) is 6.12. The molecule has 1 saturated heterocycles. The average molecular weight is 229 g/mol. The first-order chi connectivity index (χ1) is 7.40. The summed E-state index contributed by atoms with van der Waals surface area (Å²) >= 11 is 2.11. The van der Waals surface area contributed by atoms with Crippen molar-refractivity contribution in [1.82, 2.24) is 5.32 Å². The molecule has 0 radical (unpaired) electrons. The molecule has 2 fully saturated rings. The van der Waals surface area contributed by atoms with Crippen LogP contribution in [0.3, 0.4) is 0 Å². The molecule has 1 heterocycles. The van der Waals surface area contributed by atoms with E-state index >= 15 is 0 Å². The number of hydrogen-bond donors (Lipinski definition) is 1. The molecule has 2 rings (SSSR count). The van der Waals surface area contributed by atoms with Crippen LogP contribution >= 0.6 is 11.8 Å². The maximum absolute atomic E-state index is 5.28. The van der Waals surface area contributed by atoms with Crippen molar-refractivity contribution >= 4 is 11.8 Å². The molecule has 0 spiro atoms. The molecule has 3 heteroatoms. The van der Waals surface area contributed by atoms with Crippen molar-refractivity contribution in [3.63, 3.8) is 0 Å². The largest absolute Gasteiger partial charge is 0.383 e. The smallest absolute Gasteiger partial charge is 0.0618 e. The first kappa shape index (κ1) is 11.7. The summed E-state index contributed by atoms with van der Waals surface area (Å²) in [4.78, 5) is 0. The quantitative estimate of drug-likeness (QED) is 0.754. The van der Waals surface area contributed by atoms with E-state index in [0.29, 0.717) is 6.04 Å². The topological polar surface area (TPSA) is 21.3 Å². The molecule has 1 aliphatic heterocycles.